The molecule has 0 radical (unpaired) electrons. The third kappa shape index (κ3) is 2.58. The molecule has 1 atom stereocenters. The van der Waals surface area contributed by atoms with Crippen molar-refractivity contribution in [3.8, 4) is 5.75 Å². The van der Waals surface area contributed by atoms with E-state index in [9.17, 15) is 4.79 Å². The van der Waals surface area contributed by atoms with Gasteiger partial charge in [-0.25, -0.2) is 0 Å². The Morgan fingerprint density at radius 3 is 2.71 bits per heavy atom. The van der Waals surface area contributed by atoms with Gasteiger partial charge >= 0.3 is 0 Å². The third-order valence-corrected chi connectivity index (χ3v) is 3.17. The van der Waals surface area contributed by atoms with Gasteiger partial charge in [0.15, 0.2) is 0 Å². The number of carbonyl (C=O) groups is 1. The normalized spacial score (nSPS) is 19.4. The summed E-state index contributed by atoms with van der Waals surface area (Å²) >= 11 is 0. The topological polar surface area (TPSA) is 49.8 Å². The van der Waals surface area contributed by atoms with Gasteiger partial charge in [0.05, 0.1) is 7.11 Å². The lowest BCUT2D eigenvalue weighted by Gasteiger charge is -2.16. The number of carbonyl (C=O) groups excluding carboxylic acids is 1. The van der Waals surface area contributed by atoms with E-state index in [-0.39, 0.29) is 18.4 Å². The van der Waals surface area contributed by atoms with Crippen molar-refractivity contribution >= 4 is 5.91 Å². The Kier molecular flexibility index (Phi) is 3.64. The van der Waals surface area contributed by atoms with Crippen LogP contribution in [0.1, 0.15) is 16.8 Å². The molecule has 0 bridgehead atoms. The van der Waals surface area contributed by atoms with E-state index in [4.69, 9.17) is 9.84 Å². The van der Waals surface area contributed by atoms with Crippen LogP contribution in [0.2, 0.25) is 0 Å². The lowest BCUT2D eigenvalue weighted by molar-refractivity contribution is 0.0782. The van der Waals surface area contributed by atoms with Gasteiger partial charge in [0, 0.05) is 31.2 Å². The fourth-order valence-electron chi connectivity index (χ4n) is 2.08. The van der Waals surface area contributed by atoms with Crippen LogP contribution in [-0.2, 0) is 0 Å². The minimum absolute atomic E-state index is 0.0311. The molecule has 1 fully saturated rings. The fourth-order valence-corrected chi connectivity index (χ4v) is 2.08. The SMILES string of the molecule is COc1ccc(C(=O)N2CC[C@H](CO)C2)cc1. The van der Waals surface area contributed by atoms with Crippen molar-refractivity contribution in [3.63, 3.8) is 0 Å². The van der Waals surface area contributed by atoms with Crippen molar-refractivity contribution in [1.82, 2.24) is 4.90 Å². The molecule has 0 spiro atoms. The fraction of sp³-hybridized carbons (Fsp3) is 0.462. The van der Waals surface area contributed by atoms with Crippen LogP contribution in [0.4, 0.5) is 0 Å². The summed E-state index contributed by atoms with van der Waals surface area (Å²) in [7, 11) is 1.60. The Hall–Kier alpha value is -1.55. The summed E-state index contributed by atoms with van der Waals surface area (Å²) in [5, 5.41) is 9.05. The van der Waals surface area contributed by atoms with Crippen molar-refractivity contribution in [2.24, 2.45) is 5.92 Å². The molecule has 1 saturated heterocycles. The smallest absolute Gasteiger partial charge is 0.253 e. The van der Waals surface area contributed by atoms with Crippen LogP contribution in [0.5, 0.6) is 5.75 Å². The van der Waals surface area contributed by atoms with Crippen LogP contribution in [0, 0.1) is 5.92 Å². The van der Waals surface area contributed by atoms with Gasteiger partial charge in [0.25, 0.3) is 5.91 Å². The zero-order valence-electron chi connectivity index (χ0n) is 9.93. The summed E-state index contributed by atoms with van der Waals surface area (Å²) in [6.07, 6.45) is 0.887. The van der Waals surface area contributed by atoms with E-state index in [0.717, 1.165) is 18.7 Å². The van der Waals surface area contributed by atoms with Gasteiger partial charge in [-0.1, -0.05) is 0 Å². The zero-order valence-corrected chi connectivity index (χ0v) is 9.93. The summed E-state index contributed by atoms with van der Waals surface area (Å²) in [6.45, 7) is 1.55. The number of hydrogen-bond donors (Lipinski definition) is 1. The molecule has 4 heteroatoms. The van der Waals surface area contributed by atoms with E-state index >= 15 is 0 Å². The van der Waals surface area contributed by atoms with Gasteiger partial charge in [-0.15, -0.1) is 0 Å². The molecule has 4 nitrogen and oxygen atoms in total. The van der Waals surface area contributed by atoms with Crippen LogP contribution in [0.15, 0.2) is 24.3 Å². The largest absolute Gasteiger partial charge is 0.497 e. The van der Waals surface area contributed by atoms with Crippen LogP contribution < -0.4 is 4.74 Å². The average Bonchev–Trinajstić information content (AvgIpc) is 2.87. The van der Waals surface area contributed by atoms with E-state index in [1.807, 2.05) is 0 Å². The second kappa shape index (κ2) is 5.19. The van der Waals surface area contributed by atoms with Crippen LogP contribution >= 0.6 is 0 Å². The summed E-state index contributed by atoms with van der Waals surface area (Å²) in [6, 6.07) is 7.11. The second-order valence-corrected chi connectivity index (χ2v) is 4.32. The number of nitrogens with zero attached hydrogens (tertiary/aromatic N) is 1. The van der Waals surface area contributed by atoms with Crippen LogP contribution in [-0.4, -0.2) is 42.7 Å². The maximum atomic E-state index is 12.1. The summed E-state index contributed by atoms with van der Waals surface area (Å²) < 4.78 is 5.05. The number of hydrogen-bond acceptors (Lipinski definition) is 3. The van der Waals surface area contributed by atoms with Crippen molar-refractivity contribution in [3.05, 3.63) is 29.8 Å². The Morgan fingerprint density at radius 1 is 1.47 bits per heavy atom. The van der Waals surface area contributed by atoms with E-state index < -0.39 is 0 Å². The molecule has 0 unspecified atom stereocenters. The number of rotatable bonds is 3. The van der Waals surface area contributed by atoms with Crippen molar-refractivity contribution in [2.75, 3.05) is 26.8 Å². The number of aliphatic hydroxyl groups excluding tert-OH is 1. The molecule has 2 rings (SSSR count). The van der Waals surface area contributed by atoms with E-state index in [1.165, 1.54) is 0 Å². The first-order valence-electron chi connectivity index (χ1n) is 5.78. The molecular weight excluding hydrogens is 218 g/mol. The highest BCUT2D eigenvalue weighted by Gasteiger charge is 2.26. The monoisotopic (exact) mass is 235 g/mol. The molecule has 1 heterocycles. The molecule has 92 valence electrons. The molecule has 1 aromatic rings. The second-order valence-electron chi connectivity index (χ2n) is 4.32. The first-order chi connectivity index (χ1) is 8.24. The number of methoxy groups -OCH3 is 1. The Morgan fingerprint density at radius 2 is 2.18 bits per heavy atom. The van der Waals surface area contributed by atoms with Crippen molar-refractivity contribution in [1.29, 1.82) is 0 Å². The Balaban J connectivity index is 2.04. The van der Waals surface area contributed by atoms with E-state index in [1.54, 1.807) is 36.3 Å². The molecule has 1 amide bonds. The van der Waals surface area contributed by atoms with E-state index in [2.05, 4.69) is 0 Å². The lowest BCUT2D eigenvalue weighted by atomic mass is 10.1. The lowest BCUT2D eigenvalue weighted by Crippen LogP contribution is -2.29. The average molecular weight is 235 g/mol. The zero-order chi connectivity index (χ0) is 12.3. The Labute approximate surface area is 101 Å². The first-order valence-corrected chi connectivity index (χ1v) is 5.78. The molecule has 0 saturated carbocycles. The maximum Gasteiger partial charge on any atom is 0.253 e. The highest BCUT2D eigenvalue weighted by atomic mass is 16.5. The molecule has 1 aliphatic rings. The van der Waals surface area contributed by atoms with Gasteiger partial charge in [0.2, 0.25) is 0 Å². The molecule has 1 aromatic carbocycles. The minimum atomic E-state index is 0.0311. The Bertz CT molecular complexity index is 388. The van der Waals surface area contributed by atoms with Crippen molar-refractivity contribution < 1.29 is 14.6 Å². The van der Waals surface area contributed by atoms with Gasteiger partial charge in [0.1, 0.15) is 5.75 Å². The molecule has 0 aliphatic carbocycles. The predicted octanol–water partition coefficient (Wildman–Crippen LogP) is 1.15. The number of amides is 1. The molecule has 17 heavy (non-hydrogen) atoms. The quantitative estimate of drug-likeness (QED) is 0.855. The minimum Gasteiger partial charge on any atom is -0.497 e. The number of ether oxygens (including phenoxy) is 1. The number of benzene rings is 1. The standard InChI is InChI=1S/C13H17NO3/c1-17-12-4-2-11(3-5-12)13(16)14-7-6-10(8-14)9-15/h2-5,10,15H,6-9H2,1H3/t10-/m0/s1. The van der Waals surface area contributed by atoms with Crippen LogP contribution in [0.3, 0.4) is 0 Å². The predicted molar refractivity (Wildman–Crippen MR) is 64.1 cm³/mol. The summed E-state index contributed by atoms with van der Waals surface area (Å²) in [5.41, 5.74) is 0.671. The first kappa shape index (κ1) is 11.9. The van der Waals surface area contributed by atoms with Gasteiger partial charge in [-0.2, -0.15) is 0 Å². The number of aliphatic hydroxyl groups is 1. The molecular formula is C13H17NO3. The van der Waals surface area contributed by atoms with Gasteiger partial charge in [-0.3, -0.25) is 4.79 Å². The highest BCUT2D eigenvalue weighted by molar-refractivity contribution is 5.94. The molecule has 1 aliphatic heterocycles. The van der Waals surface area contributed by atoms with Crippen LogP contribution in [0.25, 0.3) is 0 Å². The molecule has 1 N–H and O–H groups in total. The maximum absolute atomic E-state index is 12.1. The summed E-state index contributed by atoms with van der Waals surface area (Å²) in [4.78, 5) is 13.9. The third-order valence-electron chi connectivity index (χ3n) is 3.17. The summed E-state index contributed by atoms with van der Waals surface area (Å²) in [5.74, 6) is 1.01. The number of likely N-dealkylation sites (tertiary alicyclic amines) is 1. The highest BCUT2D eigenvalue weighted by Crippen LogP contribution is 2.19. The van der Waals surface area contributed by atoms with Gasteiger partial charge < -0.3 is 14.7 Å². The molecule has 0 aromatic heterocycles. The van der Waals surface area contributed by atoms with E-state index in [0.29, 0.717) is 12.1 Å². The van der Waals surface area contributed by atoms with Crippen molar-refractivity contribution in [2.45, 2.75) is 6.42 Å². The van der Waals surface area contributed by atoms with Gasteiger partial charge in [-0.05, 0) is 30.7 Å².